The normalized spacial score (nSPS) is 21.1. The first-order chi connectivity index (χ1) is 57.2. The molecule has 6 aliphatic heterocycles. The van der Waals surface area contributed by atoms with Gasteiger partial charge in [-0.05, 0) is 108 Å². The van der Waals surface area contributed by atoms with Crippen molar-refractivity contribution in [1.82, 2.24) is 66.2 Å². The molecule has 0 saturated carbocycles. The van der Waals surface area contributed by atoms with E-state index in [0.717, 1.165) is 116 Å². The van der Waals surface area contributed by atoms with Crippen LogP contribution in [0.1, 0.15) is 112 Å². The molecule has 0 aliphatic carbocycles. The Morgan fingerprint density at radius 3 is 1.03 bits per heavy atom. The van der Waals surface area contributed by atoms with Gasteiger partial charge in [-0.15, -0.1) is 0 Å². The van der Waals surface area contributed by atoms with Crippen LogP contribution >= 0.6 is 0 Å². The number of carbonyl (C=O) groups is 9. The molecule has 0 aromatic heterocycles. The molecule has 9 N–H and O–H groups in total. The average molecular weight is 1660 g/mol. The molecule has 25 nitrogen and oxygen atoms in total. The Bertz CT molecular complexity index is 4360. The third-order valence-corrected chi connectivity index (χ3v) is 22.5. The van der Waals surface area contributed by atoms with Crippen LogP contribution in [0, 0.1) is 46.7 Å². The number of unbranched alkanes of at least 4 members (excludes halogenated alkanes) is 4. The zero-order chi connectivity index (χ0) is 85.4. The first-order valence-electron chi connectivity index (χ1n) is 41.2. The van der Waals surface area contributed by atoms with Crippen molar-refractivity contribution in [2.75, 3.05) is 85.6 Å². The molecule has 6 saturated heterocycles. The highest BCUT2D eigenvalue weighted by Gasteiger charge is 2.46. The number of nitrogens with zero attached hydrogens (tertiary/aromatic N) is 7. The summed E-state index contributed by atoms with van der Waals surface area (Å²) in [5.74, 6) is -8.51. The van der Waals surface area contributed by atoms with E-state index in [-0.39, 0.29) is 104 Å². The maximum absolute atomic E-state index is 14.0. The van der Waals surface area contributed by atoms with Crippen molar-refractivity contribution in [3.05, 3.63) is 214 Å². The third-order valence-electron chi connectivity index (χ3n) is 22.5. The number of nitrogens with one attached hydrogen (secondary N) is 6. The van der Waals surface area contributed by atoms with Crippen LogP contribution in [0.15, 0.2) is 146 Å². The van der Waals surface area contributed by atoms with E-state index in [0.29, 0.717) is 78.5 Å². The van der Waals surface area contributed by atoms with Crippen molar-refractivity contribution >= 4 is 53.3 Å². The summed E-state index contributed by atoms with van der Waals surface area (Å²) in [6, 6.07) is 30.2. The smallest absolute Gasteiger partial charge is 0.320 e. The van der Waals surface area contributed by atoms with Crippen molar-refractivity contribution in [3.63, 3.8) is 0 Å². The Balaban J connectivity index is 0.000000188. The van der Waals surface area contributed by atoms with Gasteiger partial charge in [0.1, 0.15) is 59.1 Å². The van der Waals surface area contributed by atoms with Crippen LogP contribution in [0.3, 0.4) is 0 Å². The van der Waals surface area contributed by atoms with Crippen LogP contribution in [0.5, 0.6) is 0 Å². The van der Waals surface area contributed by atoms with E-state index >= 15 is 0 Å². The van der Waals surface area contributed by atoms with Crippen molar-refractivity contribution < 1.29 is 84.8 Å². The minimum Gasteiger partial charge on any atom is -0.389 e. The van der Waals surface area contributed by atoms with Crippen LogP contribution in [0.2, 0.25) is 0 Å². The SMILES string of the molecule is CCCCCN1CC(C(=O)NC(Cc2cc(F)cc(F)c2)[C@H](O)[C@@H]2NCCN(Cc3ccccc3)C2=O)CC1=O.CCCCCN1C[C@@H](C(=O)N[C@@H](Cc2cc(F)cc(F)c2)[C@H](O)[C@@H]2NCCN(Cc3ccccc3)C2=O)N(C)C1=O.CCCN1CC(C(=O)NC(Cc2cc(F)cc(F)c2)[C@H](O)[C@@H]2NCCN(Cc3ccccc3)C2=O)CC1=O. The van der Waals surface area contributed by atoms with Gasteiger partial charge in [0, 0.05) is 130 Å². The molecule has 6 aromatic rings. The third kappa shape index (κ3) is 25.6. The van der Waals surface area contributed by atoms with Gasteiger partial charge in [0.2, 0.25) is 47.3 Å². The van der Waals surface area contributed by atoms with E-state index in [4.69, 9.17) is 0 Å². The van der Waals surface area contributed by atoms with Crippen molar-refractivity contribution in [1.29, 1.82) is 0 Å². The number of likely N-dealkylation sites (tertiary alicyclic amines) is 2. The molecule has 6 fully saturated rings. The second-order valence-corrected chi connectivity index (χ2v) is 31.5. The van der Waals surface area contributed by atoms with Crippen LogP contribution in [0.25, 0.3) is 0 Å². The zero-order valence-corrected chi connectivity index (χ0v) is 67.8. The lowest BCUT2D eigenvalue weighted by Crippen LogP contribution is -2.64. The standard InChI is InChI=1S/C30H39F2N5O4.C30H38F2N4O4.C28H34F2N4O4/c1-3-4-8-12-37-19-25(35(2)30(37)41)28(39)34-24(16-21-14-22(31)17-23(32)15-21)27(38)26-29(40)36(13-11-33-26)18-20-9-6-5-7-10-20;1-2-3-7-11-35-19-22(16-26(35)37)29(39)34-25(15-21-13-23(31)17-24(32)14-21)28(38)27-30(40)36(12-10-33-27)18-20-8-5-4-6-9-20;1-2-9-33-17-20(14-24(33)35)27(37)32-23(13-19-11-21(29)15-22(30)12-19)26(36)25-28(38)34(10-8-31-25)16-18-6-4-3-5-7-18/h5-7,9-10,14-15,17,24-27,33,38H,3-4,8,11-13,16,18-19H2,1-2H3,(H,34,39);4-6,8-9,13-14,17,22,25,27-28,33,38H,2-3,7,10-12,15-16,18-19H2,1H3,(H,34,39);3-7,11-12,15,20,23,25-26,31,36H,2,8-10,13-14,16-17H2,1H3,(H,32,37)/t24-,25-,26-,27-;22?,25?,27-,28-;20?,23?,25-,26-/m000/s1. The first kappa shape index (κ1) is 91.0. The molecule has 6 heterocycles. The first-order valence-corrected chi connectivity index (χ1v) is 41.2. The van der Waals surface area contributed by atoms with Crippen molar-refractivity contribution in [2.45, 2.75) is 178 Å². The van der Waals surface area contributed by atoms with Crippen LogP contribution in [0.4, 0.5) is 31.1 Å². The highest BCUT2D eigenvalue weighted by molar-refractivity contribution is 5.92. The summed E-state index contributed by atoms with van der Waals surface area (Å²) in [6.07, 6.45) is 1.99. The lowest BCUT2D eigenvalue weighted by Gasteiger charge is -2.38. The number of urea groups is 1. The number of benzene rings is 6. The van der Waals surface area contributed by atoms with Gasteiger partial charge in [-0.25, -0.2) is 31.1 Å². The van der Waals surface area contributed by atoms with Crippen molar-refractivity contribution in [3.8, 4) is 0 Å². The molecule has 31 heteroatoms. The minimum absolute atomic E-state index is 0.0503. The number of hydrogen-bond donors (Lipinski definition) is 9. The number of hydrogen-bond acceptors (Lipinski definition) is 15. The number of aliphatic hydroxyl groups is 3. The molecule has 10 amide bonds. The monoisotopic (exact) mass is 1660 g/mol. The number of halogens is 6. The van der Waals surface area contributed by atoms with E-state index < -0.39 is 125 Å². The van der Waals surface area contributed by atoms with Gasteiger partial charge in [0.15, 0.2) is 0 Å². The zero-order valence-electron chi connectivity index (χ0n) is 67.8. The number of aliphatic hydroxyl groups excluding tert-OH is 3. The largest absolute Gasteiger partial charge is 0.389 e. The molecular weight excluding hydrogens is 1550 g/mol. The summed E-state index contributed by atoms with van der Waals surface area (Å²) < 4.78 is 83.8. The fraction of sp³-hybridized carbons (Fsp3) is 0.489. The van der Waals surface area contributed by atoms with E-state index in [2.05, 4.69) is 45.7 Å². The van der Waals surface area contributed by atoms with E-state index in [1.807, 2.05) is 97.9 Å². The van der Waals surface area contributed by atoms with Crippen LogP contribution in [-0.4, -0.2) is 249 Å². The maximum atomic E-state index is 14.0. The predicted molar refractivity (Wildman–Crippen MR) is 432 cm³/mol. The molecule has 0 radical (unpaired) electrons. The molecule has 6 aliphatic rings. The fourth-order valence-corrected chi connectivity index (χ4v) is 16.1. The van der Waals surface area contributed by atoms with Gasteiger partial charge in [-0.2, -0.15) is 0 Å². The fourth-order valence-electron chi connectivity index (χ4n) is 16.1. The molecule has 4 unspecified atom stereocenters. The summed E-state index contributed by atoms with van der Waals surface area (Å²) in [5, 5.41) is 51.9. The summed E-state index contributed by atoms with van der Waals surface area (Å²) in [7, 11) is 1.55. The molecule has 0 spiro atoms. The topological polar surface area (TPSA) is 309 Å². The summed E-state index contributed by atoms with van der Waals surface area (Å²) in [4.78, 5) is 129. The Kier molecular flexibility index (Phi) is 33.7. The Labute approximate surface area is 690 Å². The number of amides is 10. The second-order valence-electron chi connectivity index (χ2n) is 31.5. The van der Waals surface area contributed by atoms with Gasteiger partial charge in [-0.3, -0.25) is 38.4 Å². The predicted octanol–water partition coefficient (Wildman–Crippen LogP) is 6.28. The average Bonchev–Trinajstić information content (AvgIpc) is 1.81. The molecule has 119 heavy (non-hydrogen) atoms. The highest BCUT2D eigenvalue weighted by Crippen LogP contribution is 2.27. The minimum atomic E-state index is -1.42. The van der Waals surface area contributed by atoms with Gasteiger partial charge in [0.05, 0.1) is 54.8 Å². The van der Waals surface area contributed by atoms with E-state index in [1.165, 1.54) is 4.90 Å². The Hall–Kier alpha value is -10.3. The quantitative estimate of drug-likeness (QED) is 0.0159. The summed E-state index contributed by atoms with van der Waals surface area (Å²) in [5.41, 5.74) is 3.50. The Morgan fingerprint density at radius 1 is 0.395 bits per heavy atom. The number of rotatable bonds is 34. The summed E-state index contributed by atoms with van der Waals surface area (Å²) in [6.45, 7) is 12.2. The summed E-state index contributed by atoms with van der Waals surface area (Å²) >= 11 is 0. The van der Waals surface area contributed by atoms with Gasteiger partial charge < -0.3 is 81.5 Å². The molecule has 6 aromatic carbocycles. The second kappa shape index (κ2) is 44.1. The molecule has 642 valence electrons. The highest BCUT2D eigenvalue weighted by atomic mass is 19.2. The maximum Gasteiger partial charge on any atom is 0.320 e. The van der Waals surface area contributed by atoms with E-state index in [9.17, 15) is 84.8 Å². The number of carbonyl (C=O) groups excluding carboxylic acids is 9. The van der Waals surface area contributed by atoms with Crippen molar-refractivity contribution in [2.24, 2.45) is 11.8 Å². The number of likely N-dealkylation sites (N-methyl/N-ethyl adjacent to an activating group) is 1. The lowest BCUT2D eigenvalue weighted by molar-refractivity contribution is -0.141. The molecule has 0 bridgehead atoms. The Morgan fingerprint density at radius 2 is 0.706 bits per heavy atom. The van der Waals surface area contributed by atoms with E-state index in [1.54, 1.807) is 36.4 Å². The molecule has 12 atom stereocenters. The molecular formula is C88H111F6N13O12. The van der Waals surface area contributed by atoms with Gasteiger partial charge in [0.25, 0.3) is 0 Å². The molecule has 12 rings (SSSR count). The lowest BCUT2D eigenvalue weighted by atomic mass is 9.93. The van der Waals surface area contributed by atoms with Gasteiger partial charge in [-0.1, -0.05) is 137 Å². The van der Waals surface area contributed by atoms with Crippen LogP contribution < -0.4 is 31.9 Å². The number of piperazine rings is 3. The van der Waals surface area contributed by atoms with Gasteiger partial charge >= 0.3 is 6.03 Å². The van der Waals surface area contributed by atoms with Crippen LogP contribution in [-0.2, 0) is 77.3 Å².